The maximum atomic E-state index is 12.1. The Kier molecular flexibility index (Phi) is 3.39. The van der Waals surface area contributed by atoms with E-state index >= 15 is 0 Å². The first-order chi connectivity index (χ1) is 8.49. The van der Waals surface area contributed by atoms with Crippen LogP contribution in [0.3, 0.4) is 0 Å². The van der Waals surface area contributed by atoms with Gasteiger partial charge in [-0.2, -0.15) is 0 Å². The van der Waals surface area contributed by atoms with Crippen molar-refractivity contribution in [2.75, 3.05) is 0 Å². The third kappa shape index (κ3) is 2.38. The monoisotopic (exact) mass is 265 g/mol. The van der Waals surface area contributed by atoms with Crippen molar-refractivity contribution in [3.63, 3.8) is 0 Å². The standard InChI is InChI=1S/C13H12ClNO3/c1-7(2)18-13(17)10-6-15-11-5-8(14)3-4-9(11)12(10)16/h3-7H,1-2H3,(H,15,16). The van der Waals surface area contributed by atoms with Crippen molar-refractivity contribution in [2.45, 2.75) is 20.0 Å². The molecule has 1 aromatic carbocycles. The molecule has 0 saturated carbocycles. The molecule has 0 aliphatic carbocycles. The Labute approximate surface area is 109 Å². The Morgan fingerprint density at radius 3 is 2.78 bits per heavy atom. The van der Waals surface area contributed by atoms with Crippen LogP contribution in [0.2, 0.25) is 5.02 Å². The van der Waals surface area contributed by atoms with Crippen molar-refractivity contribution in [3.8, 4) is 0 Å². The van der Waals surface area contributed by atoms with Crippen molar-refractivity contribution >= 4 is 28.5 Å². The fourth-order valence-electron chi connectivity index (χ4n) is 1.62. The number of aromatic nitrogens is 1. The molecule has 0 saturated heterocycles. The molecule has 0 bridgehead atoms. The zero-order chi connectivity index (χ0) is 13.3. The summed E-state index contributed by atoms with van der Waals surface area (Å²) >= 11 is 5.83. The number of esters is 1. The zero-order valence-electron chi connectivity index (χ0n) is 9.99. The summed E-state index contributed by atoms with van der Waals surface area (Å²) in [6.07, 6.45) is 1.09. The second-order valence-electron chi connectivity index (χ2n) is 4.18. The van der Waals surface area contributed by atoms with Crippen LogP contribution in [-0.2, 0) is 4.74 Å². The summed E-state index contributed by atoms with van der Waals surface area (Å²) in [5.74, 6) is -0.622. The van der Waals surface area contributed by atoms with Crippen molar-refractivity contribution in [1.29, 1.82) is 0 Å². The van der Waals surface area contributed by atoms with Gasteiger partial charge >= 0.3 is 5.97 Å². The van der Waals surface area contributed by atoms with Gasteiger partial charge in [0, 0.05) is 16.6 Å². The largest absolute Gasteiger partial charge is 0.459 e. The van der Waals surface area contributed by atoms with E-state index in [4.69, 9.17) is 16.3 Å². The van der Waals surface area contributed by atoms with Gasteiger partial charge in [0.05, 0.1) is 11.6 Å². The lowest BCUT2D eigenvalue weighted by molar-refractivity contribution is 0.0376. The smallest absolute Gasteiger partial charge is 0.343 e. The SMILES string of the molecule is CC(C)OC(=O)c1c[nH]c2cc(Cl)ccc2c1=O. The quantitative estimate of drug-likeness (QED) is 0.850. The summed E-state index contributed by atoms with van der Waals surface area (Å²) in [4.78, 5) is 26.7. The van der Waals surface area contributed by atoms with E-state index in [1.165, 1.54) is 6.20 Å². The van der Waals surface area contributed by atoms with Crippen LogP contribution in [0, 0.1) is 0 Å². The molecule has 0 amide bonds. The number of hydrogen-bond donors (Lipinski definition) is 1. The zero-order valence-corrected chi connectivity index (χ0v) is 10.7. The van der Waals surface area contributed by atoms with E-state index < -0.39 is 5.97 Å². The van der Waals surface area contributed by atoms with Gasteiger partial charge in [-0.25, -0.2) is 4.79 Å². The number of pyridine rings is 1. The van der Waals surface area contributed by atoms with Crippen LogP contribution in [0.15, 0.2) is 29.2 Å². The second-order valence-corrected chi connectivity index (χ2v) is 4.61. The number of carbonyl (C=O) groups is 1. The number of fused-ring (bicyclic) bond motifs is 1. The molecule has 0 aliphatic rings. The third-order valence-electron chi connectivity index (χ3n) is 2.41. The Bertz CT molecular complexity index is 661. The number of carbonyl (C=O) groups excluding carboxylic acids is 1. The van der Waals surface area contributed by atoms with Crippen LogP contribution >= 0.6 is 11.6 Å². The van der Waals surface area contributed by atoms with Gasteiger partial charge in [-0.1, -0.05) is 11.6 Å². The van der Waals surface area contributed by atoms with Crippen LogP contribution in [0.4, 0.5) is 0 Å². The highest BCUT2D eigenvalue weighted by Gasteiger charge is 2.15. The molecule has 1 N–H and O–H groups in total. The Hall–Kier alpha value is -1.81. The van der Waals surface area contributed by atoms with Crippen LogP contribution < -0.4 is 5.43 Å². The molecule has 94 valence electrons. The van der Waals surface area contributed by atoms with Crippen molar-refractivity contribution < 1.29 is 9.53 Å². The minimum Gasteiger partial charge on any atom is -0.459 e. The summed E-state index contributed by atoms with van der Waals surface area (Å²) in [6.45, 7) is 3.46. The first-order valence-electron chi connectivity index (χ1n) is 5.51. The summed E-state index contributed by atoms with van der Waals surface area (Å²) in [6, 6.07) is 4.83. The number of halogens is 1. The average Bonchev–Trinajstić information content (AvgIpc) is 2.27. The number of rotatable bonds is 2. The number of hydrogen-bond acceptors (Lipinski definition) is 3. The van der Waals surface area contributed by atoms with Gasteiger partial charge in [0.1, 0.15) is 5.56 Å². The van der Waals surface area contributed by atoms with Crippen molar-refractivity contribution in [3.05, 3.63) is 45.2 Å². The molecule has 0 fully saturated rings. The Morgan fingerprint density at radius 1 is 1.39 bits per heavy atom. The Morgan fingerprint density at radius 2 is 2.11 bits per heavy atom. The van der Waals surface area contributed by atoms with Gasteiger partial charge < -0.3 is 9.72 Å². The lowest BCUT2D eigenvalue weighted by Crippen LogP contribution is -2.20. The Balaban J connectivity index is 2.55. The number of ether oxygens (including phenoxy) is 1. The minimum absolute atomic E-state index is 0.00137. The number of H-pyrrole nitrogens is 1. The lowest BCUT2D eigenvalue weighted by atomic mass is 10.1. The number of benzene rings is 1. The lowest BCUT2D eigenvalue weighted by Gasteiger charge is -2.08. The molecule has 1 heterocycles. The maximum Gasteiger partial charge on any atom is 0.343 e. The van der Waals surface area contributed by atoms with Gasteiger partial charge in [0.25, 0.3) is 0 Å². The fourth-order valence-corrected chi connectivity index (χ4v) is 1.80. The van der Waals surface area contributed by atoms with Crippen molar-refractivity contribution in [1.82, 2.24) is 4.98 Å². The second kappa shape index (κ2) is 4.82. The van der Waals surface area contributed by atoms with Crippen molar-refractivity contribution in [2.24, 2.45) is 0 Å². The van der Waals surface area contributed by atoms with Crippen LogP contribution in [-0.4, -0.2) is 17.1 Å². The highest BCUT2D eigenvalue weighted by Crippen LogP contribution is 2.15. The number of aromatic amines is 1. The van der Waals surface area contributed by atoms with Gasteiger partial charge in [-0.15, -0.1) is 0 Å². The summed E-state index contributed by atoms with van der Waals surface area (Å²) < 4.78 is 5.00. The fraction of sp³-hybridized carbons (Fsp3) is 0.231. The van der Waals surface area contributed by atoms with E-state index in [1.54, 1.807) is 32.0 Å². The molecule has 2 aromatic rings. The summed E-state index contributed by atoms with van der Waals surface area (Å²) in [5.41, 5.74) is 0.234. The number of nitrogens with one attached hydrogen (secondary N) is 1. The highest BCUT2D eigenvalue weighted by atomic mass is 35.5. The molecular weight excluding hydrogens is 254 g/mol. The van der Waals surface area contributed by atoms with E-state index in [0.29, 0.717) is 15.9 Å². The van der Waals surface area contributed by atoms with Gasteiger partial charge in [0.15, 0.2) is 0 Å². The highest BCUT2D eigenvalue weighted by molar-refractivity contribution is 6.31. The summed E-state index contributed by atoms with van der Waals surface area (Å²) in [7, 11) is 0. The molecule has 0 radical (unpaired) electrons. The molecule has 0 spiro atoms. The molecule has 1 aromatic heterocycles. The van der Waals surface area contributed by atoms with E-state index in [9.17, 15) is 9.59 Å². The normalized spacial score (nSPS) is 10.9. The average molecular weight is 266 g/mol. The molecule has 4 nitrogen and oxygen atoms in total. The van der Waals surface area contributed by atoms with Crippen LogP contribution in [0.5, 0.6) is 0 Å². The first-order valence-corrected chi connectivity index (χ1v) is 5.89. The maximum absolute atomic E-state index is 12.1. The van der Waals surface area contributed by atoms with Gasteiger partial charge in [-0.05, 0) is 32.0 Å². The minimum atomic E-state index is -0.622. The predicted octanol–water partition coefficient (Wildman–Crippen LogP) is 2.75. The predicted molar refractivity (Wildman–Crippen MR) is 70.1 cm³/mol. The molecule has 2 rings (SSSR count). The molecular formula is C13H12ClNO3. The molecule has 0 aliphatic heterocycles. The van der Waals surface area contributed by atoms with E-state index in [1.807, 2.05) is 0 Å². The molecule has 18 heavy (non-hydrogen) atoms. The first kappa shape index (κ1) is 12.6. The topological polar surface area (TPSA) is 59.2 Å². The van der Waals surface area contributed by atoms with Gasteiger partial charge in [0.2, 0.25) is 5.43 Å². The van der Waals surface area contributed by atoms with E-state index in [2.05, 4.69) is 4.98 Å². The van der Waals surface area contributed by atoms with E-state index in [0.717, 1.165) is 0 Å². The van der Waals surface area contributed by atoms with E-state index in [-0.39, 0.29) is 17.1 Å². The molecule has 5 heteroatoms. The third-order valence-corrected chi connectivity index (χ3v) is 2.64. The molecule has 0 unspecified atom stereocenters. The summed E-state index contributed by atoms with van der Waals surface area (Å²) in [5, 5.41) is 0.938. The van der Waals surface area contributed by atoms with Crippen LogP contribution in [0.25, 0.3) is 10.9 Å². The van der Waals surface area contributed by atoms with Gasteiger partial charge in [-0.3, -0.25) is 4.79 Å². The van der Waals surface area contributed by atoms with Crippen LogP contribution in [0.1, 0.15) is 24.2 Å². The molecule has 0 atom stereocenters.